The van der Waals surface area contributed by atoms with E-state index >= 15 is 0 Å². The fourth-order valence-corrected chi connectivity index (χ4v) is 2.26. The normalized spacial score (nSPS) is 15.8. The van der Waals surface area contributed by atoms with Gasteiger partial charge in [-0.25, -0.2) is 19.7 Å². The highest BCUT2D eigenvalue weighted by atomic mass is 16.6. The molecule has 1 amide bonds. The molecule has 0 saturated heterocycles. The molecular weight excluding hydrogens is 308 g/mol. The monoisotopic (exact) mass is 330 g/mol. The molecule has 128 valence electrons. The zero-order chi connectivity index (χ0) is 17.3. The van der Waals surface area contributed by atoms with Gasteiger partial charge in [-0.2, -0.15) is 4.68 Å². The summed E-state index contributed by atoms with van der Waals surface area (Å²) in [7, 11) is 0. The molecule has 0 unspecified atom stereocenters. The van der Waals surface area contributed by atoms with Crippen LogP contribution in [0.1, 0.15) is 64.1 Å². The van der Waals surface area contributed by atoms with E-state index in [0.29, 0.717) is 17.6 Å². The van der Waals surface area contributed by atoms with Gasteiger partial charge in [-0.05, 0) is 40.5 Å². The highest BCUT2D eigenvalue weighted by molar-refractivity contribution is 5.68. The van der Waals surface area contributed by atoms with Crippen molar-refractivity contribution in [1.29, 1.82) is 0 Å². The molecule has 8 nitrogen and oxygen atoms in total. The van der Waals surface area contributed by atoms with E-state index in [2.05, 4.69) is 25.4 Å². The number of rotatable bonds is 4. The average Bonchev–Trinajstić information content (AvgIpc) is 3.24. The van der Waals surface area contributed by atoms with Gasteiger partial charge in [0.25, 0.3) is 0 Å². The van der Waals surface area contributed by atoms with Crippen LogP contribution in [0, 0.1) is 0 Å². The van der Waals surface area contributed by atoms with Crippen LogP contribution in [0.25, 0.3) is 5.82 Å². The third kappa shape index (κ3) is 3.87. The molecule has 1 aliphatic carbocycles. The molecule has 8 heteroatoms. The Morgan fingerprint density at radius 3 is 2.75 bits per heavy atom. The number of carbonyl (C=O) groups excluding carboxylic acids is 1. The second-order valence-electron chi connectivity index (χ2n) is 6.95. The molecule has 1 saturated carbocycles. The fraction of sp³-hybridized carbons (Fsp3) is 0.562. The SMILES string of the molecule is C[C@H](NC(=O)OC(C)(C)C)c1nc(C2CC2)nn1-c1ccncn1. The highest BCUT2D eigenvalue weighted by Crippen LogP contribution is 2.38. The van der Waals surface area contributed by atoms with Crippen molar-refractivity contribution >= 4 is 6.09 Å². The molecule has 2 aromatic heterocycles. The van der Waals surface area contributed by atoms with Gasteiger partial charge in [-0.3, -0.25) is 0 Å². The number of hydrogen-bond acceptors (Lipinski definition) is 6. The third-order valence-electron chi connectivity index (χ3n) is 3.49. The van der Waals surface area contributed by atoms with Crippen LogP contribution in [0.5, 0.6) is 0 Å². The Labute approximate surface area is 140 Å². The summed E-state index contributed by atoms with van der Waals surface area (Å²) in [6.07, 6.45) is 4.82. The number of aromatic nitrogens is 5. The maximum absolute atomic E-state index is 12.0. The van der Waals surface area contributed by atoms with Gasteiger partial charge in [-0.15, -0.1) is 5.10 Å². The zero-order valence-corrected chi connectivity index (χ0v) is 14.4. The van der Waals surface area contributed by atoms with Crippen LogP contribution in [0.4, 0.5) is 4.79 Å². The molecule has 2 heterocycles. The Morgan fingerprint density at radius 2 is 2.17 bits per heavy atom. The van der Waals surface area contributed by atoms with Crippen molar-refractivity contribution in [2.24, 2.45) is 0 Å². The predicted molar refractivity (Wildman–Crippen MR) is 86.7 cm³/mol. The van der Waals surface area contributed by atoms with Gasteiger partial charge in [-0.1, -0.05) is 0 Å². The van der Waals surface area contributed by atoms with E-state index in [0.717, 1.165) is 18.7 Å². The molecule has 1 fully saturated rings. The molecule has 24 heavy (non-hydrogen) atoms. The quantitative estimate of drug-likeness (QED) is 0.925. The van der Waals surface area contributed by atoms with Gasteiger partial charge < -0.3 is 10.1 Å². The molecule has 0 spiro atoms. The van der Waals surface area contributed by atoms with Gasteiger partial charge in [0.05, 0.1) is 6.04 Å². The van der Waals surface area contributed by atoms with E-state index in [1.54, 1.807) is 16.9 Å². The summed E-state index contributed by atoms with van der Waals surface area (Å²) in [5.74, 6) is 2.45. The van der Waals surface area contributed by atoms with E-state index in [1.165, 1.54) is 6.33 Å². The van der Waals surface area contributed by atoms with Gasteiger partial charge in [0.1, 0.15) is 11.9 Å². The van der Waals surface area contributed by atoms with Gasteiger partial charge in [0, 0.05) is 18.2 Å². The van der Waals surface area contributed by atoms with E-state index in [9.17, 15) is 4.79 Å². The van der Waals surface area contributed by atoms with E-state index in [-0.39, 0.29) is 6.04 Å². The zero-order valence-electron chi connectivity index (χ0n) is 14.4. The van der Waals surface area contributed by atoms with Crippen LogP contribution in [0.15, 0.2) is 18.6 Å². The first kappa shape index (κ1) is 16.4. The van der Waals surface area contributed by atoms with Crippen LogP contribution < -0.4 is 5.32 Å². The summed E-state index contributed by atoms with van der Waals surface area (Å²) in [4.78, 5) is 24.8. The molecule has 1 atom stereocenters. The Hall–Kier alpha value is -2.51. The van der Waals surface area contributed by atoms with Crippen molar-refractivity contribution in [3.8, 4) is 5.82 Å². The Kier molecular flexibility index (Phi) is 4.21. The van der Waals surface area contributed by atoms with Crippen molar-refractivity contribution in [3.05, 3.63) is 30.2 Å². The minimum atomic E-state index is -0.552. The first-order chi connectivity index (χ1) is 11.3. The summed E-state index contributed by atoms with van der Waals surface area (Å²) in [6, 6.07) is 1.39. The Morgan fingerprint density at radius 1 is 1.42 bits per heavy atom. The predicted octanol–water partition coefficient (Wildman–Crippen LogP) is 2.52. The van der Waals surface area contributed by atoms with E-state index < -0.39 is 11.7 Å². The lowest BCUT2D eigenvalue weighted by molar-refractivity contribution is 0.0505. The van der Waals surface area contributed by atoms with Crippen LogP contribution >= 0.6 is 0 Å². The van der Waals surface area contributed by atoms with Crippen LogP contribution in [0.2, 0.25) is 0 Å². The van der Waals surface area contributed by atoms with E-state index in [4.69, 9.17) is 4.74 Å². The Balaban J connectivity index is 1.84. The van der Waals surface area contributed by atoms with Crippen LogP contribution in [-0.4, -0.2) is 36.4 Å². The first-order valence-electron chi connectivity index (χ1n) is 8.06. The fourth-order valence-electron chi connectivity index (χ4n) is 2.26. The summed E-state index contributed by atoms with van der Waals surface area (Å²) in [5.41, 5.74) is -0.552. The molecule has 1 N–H and O–H groups in total. The first-order valence-corrected chi connectivity index (χ1v) is 8.06. The minimum Gasteiger partial charge on any atom is -0.444 e. The van der Waals surface area contributed by atoms with Crippen molar-refractivity contribution in [3.63, 3.8) is 0 Å². The number of carbonyl (C=O) groups is 1. The molecule has 0 aliphatic heterocycles. The molecule has 0 aromatic carbocycles. The lowest BCUT2D eigenvalue weighted by Gasteiger charge is -2.21. The minimum absolute atomic E-state index is 0.366. The second-order valence-corrected chi connectivity index (χ2v) is 6.95. The molecular formula is C16H22N6O2. The number of alkyl carbamates (subject to hydrolysis) is 1. The van der Waals surface area contributed by atoms with Gasteiger partial charge >= 0.3 is 6.09 Å². The summed E-state index contributed by atoms with van der Waals surface area (Å²) in [5, 5.41) is 7.38. The maximum Gasteiger partial charge on any atom is 0.408 e. The van der Waals surface area contributed by atoms with Crippen molar-refractivity contribution in [2.75, 3.05) is 0 Å². The van der Waals surface area contributed by atoms with Crippen molar-refractivity contribution < 1.29 is 9.53 Å². The Bertz CT molecular complexity index is 718. The molecule has 1 aliphatic rings. The number of amides is 1. The lowest BCUT2D eigenvalue weighted by atomic mass is 10.2. The largest absolute Gasteiger partial charge is 0.444 e. The van der Waals surface area contributed by atoms with Crippen LogP contribution in [-0.2, 0) is 4.74 Å². The van der Waals surface area contributed by atoms with E-state index in [1.807, 2.05) is 27.7 Å². The standard InChI is InChI=1S/C16H22N6O2/c1-10(19-15(23)24-16(2,3)4)14-20-13(11-5-6-11)21-22(14)12-7-8-17-9-18-12/h7-11H,5-6H2,1-4H3,(H,19,23)/t10-/m0/s1. The second kappa shape index (κ2) is 6.18. The molecule has 3 rings (SSSR count). The number of nitrogens with zero attached hydrogens (tertiary/aromatic N) is 5. The number of nitrogens with one attached hydrogen (secondary N) is 1. The van der Waals surface area contributed by atoms with Crippen molar-refractivity contribution in [2.45, 2.75) is 58.1 Å². The smallest absolute Gasteiger partial charge is 0.408 e. The topological polar surface area (TPSA) is 94.8 Å². The summed E-state index contributed by atoms with van der Waals surface area (Å²) in [6.45, 7) is 7.33. The number of ether oxygens (including phenoxy) is 1. The van der Waals surface area contributed by atoms with Crippen molar-refractivity contribution in [1.82, 2.24) is 30.0 Å². The lowest BCUT2D eigenvalue weighted by Crippen LogP contribution is -2.35. The average molecular weight is 330 g/mol. The van der Waals surface area contributed by atoms with Crippen LogP contribution in [0.3, 0.4) is 0 Å². The third-order valence-corrected chi connectivity index (χ3v) is 3.49. The highest BCUT2D eigenvalue weighted by Gasteiger charge is 2.31. The molecule has 0 bridgehead atoms. The molecule has 2 aromatic rings. The van der Waals surface area contributed by atoms with Gasteiger partial charge in [0.2, 0.25) is 0 Å². The summed E-state index contributed by atoms with van der Waals surface area (Å²) < 4.78 is 6.97. The molecule has 0 radical (unpaired) electrons. The summed E-state index contributed by atoms with van der Waals surface area (Å²) >= 11 is 0. The maximum atomic E-state index is 12.0. The van der Waals surface area contributed by atoms with Gasteiger partial charge in [0.15, 0.2) is 17.5 Å². The number of hydrogen-bond donors (Lipinski definition) is 1.